The second-order valence-electron chi connectivity index (χ2n) is 5.98. The van der Waals surface area contributed by atoms with Crippen LogP contribution in [0.3, 0.4) is 0 Å². The van der Waals surface area contributed by atoms with Gasteiger partial charge in [-0.1, -0.05) is 30.5 Å². The molecule has 1 saturated heterocycles. The number of hydrogen-bond acceptors (Lipinski definition) is 2. The van der Waals surface area contributed by atoms with E-state index < -0.39 is 0 Å². The van der Waals surface area contributed by atoms with Crippen molar-refractivity contribution in [3.8, 4) is 0 Å². The Morgan fingerprint density at radius 3 is 2.42 bits per heavy atom. The predicted octanol–water partition coefficient (Wildman–Crippen LogP) is 4.31. The van der Waals surface area contributed by atoms with E-state index in [4.69, 9.17) is 11.6 Å². The van der Waals surface area contributed by atoms with Crippen LogP contribution in [-0.4, -0.2) is 19.4 Å². The average Bonchev–Trinajstić information content (AvgIpc) is 2.88. The van der Waals surface area contributed by atoms with E-state index in [1.54, 1.807) is 6.07 Å². The minimum absolute atomic E-state index is 0.564. The third-order valence-electron chi connectivity index (χ3n) is 4.98. The molecule has 0 amide bonds. The molecule has 1 aliphatic carbocycles. The number of benzene rings is 1. The first kappa shape index (κ1) is 13.0. The number of carbonyl (C=O) groups is 1. The van der Waals surface area contributed by atoms with Crippen LogP contribution in [0.15, 0.2) is 18.2 Å². The lowest BCUT2D eigenvalue weighted by atomic mass is 9.77. The number of carbonyl (C=O) groups excluding carboxylic acids is 1. The van der Waals surface area contributed by atoms with Crippen LogP contribution in [0.25, 0.3) is 0 Å². The molecule has 1 aromatic rings. The molecule has 1 saturated carbocycles. The zero-order valence-corrected chi connectivity index (χ0v) is 12.0. The Labute approximate surface area is 119 Å². The van der Waals surface area contributed by atoms with Gasteiger partial charge in [0, 0.05) is 18.8 Å². The van der Waals surface area contributed by atoms with E-state index in [-0.39, 0.29) is 0 Å². The van der Waals surface area contributed by atoms with Gasteiger partial charge < -0.3 is 4.90 Å². The standard InChI is InChI=1S/C16H20ClNO/c17-14-4-3-5-15(13(14)12-19)18-10-8-16(9-11-18)6-1-2-7-16/h3-5,12H,1-2,6-11H2. The van der Waals surface area contributed by atoms with Gasteiger partial charge in [0.2, 0.25) is 0 Å². The molecule has 0 radical (unpaired) electrons. The summed E-state index contributed by atoms with van der Waals surface area (Å²) in [6.07, 6.45) is 9.01. The summed E-state index contributed by atoms with van der Waals surface area (Å²) >= 11 is 6.11. The maximum absolute atomic E-state index is 11.2. The van der Waals surface area contributed by atoms with Crippen LogP contribution in [0.2, 0.25) is 5.02 Å². The van der Waals surface area contributed by atoms with Crippen LogP contribution in [-0.2, 0) is 0 Å². The normalized spacial score (nSPS) is 21.8. The highest BCUT2D eigenvalue weighted by atomic mass is 35.5. The zero-order chi connectivity index (χ0) is 13.3. The summed E-state index contributed by atoms with van der Waals surface area (Å²) in [6.45, 7) is 2.11. The number of hydrogen-bond donors (Lipinski definition) is 0. The highest BCUT2D eigenvalue weighted by molar-refractivity contribution is 6.33. The molecule has 1 heterocycles. The summed E-state index contributed by atoms with van der Waals surface area (Å²) in [6, 6.07) is 5.74. The average molecular weight is 278 g/mol. The van der Waals surface area contributed by atoms with Crippen LogP contribution in [0, 0.1) is 5.41 Å². The minimum Gasteiger partial charge on any atom is -0.371 e. The SMILES string of the molecule is O=Cc1c(Cl)cccc1N1CCC2(CCCC2)CC1. The van der Waals surface area contributed by atoms with Gasteiger partial charge in [0.15, 0.2) is 6.29 Å². The fourth-order valence-corrected chi connectivity index (χ4v) is 3.98. The quantitative estimate of drug-likeness (QED) is 0.751. The topological polar surface area (TPSA) is 20.3 Å². The monoisotopic (exact) mass is 277 g/mol. The number of anilines is 1. The van der Waals surface area contributed by atoms with Crippen molar-refractivity contribution in [1.82, 2.24) is 0 Å². The summed E-state index contributed by atoms with van der Waals surface area (Å²) < 4.78 is 0. The van der Waals surface area contributed by atoms with Crippen molar-refractivity contribution in [3.63, 3.8) is 0 Å². The van der Waals surface area contributed by atoms with Crippen molar-refractivity contribution in [2.75, 3.05) is 18.0 Å². The molecule has 2 fully saturated rings. The van der Waals surface area contributed by atoms with Crippen LogP contribution >= 0.6 is 11.6 Å². The summed E-state index contributed by atoms with van der Waals surface area (Å²) in [5, 5.41) is 0.564. The van der Waals surface area contributed by atoms with Crippen LogP contribution in [0.5, 0.6) is 0 Å². The highest BCUT2D eigenvalue weighted by Crippen LogP contribution is 2.47. The van der Waals surface area contributed by atoms with Crippen molar-refractivity contribution >= 4 is 23.6 Å². The van der Waals surface area contributed by atoms with Crippen molar-refractivity contribution in [1.29, 1.82) is 0 Å². The Bertz CT molecular complexity index is 470. The lowest BCUT2D eigenvalue weighted by Gasteiger charge is -2.41. The van der Waals surface area contributed by atoms with Gasteiger partial charge in [-0.2, -0.15) is 0 Å². The molecule has 19 heavy (non-hydrogen) atoms. The molecule has 0 atom stereocenters. The minimum atomic E-state index is 0.564. The second kappa shape index (κ2) is 5.16. The highest BCUT2D eigenvalue weighted by Gasteiger charge is 2.37. The molecule has 3 heteroatoms. The molecule has 102 valence electrons. The van der Waals surface area contributed by atoms with Crippen molar-refractivity contribution in [2.45, 2.75) is 38.5 Å². The fourth-order valence-electron chi connectivity index (χ4n) is 3.77. The van der Waals surface area contributed by atoms with Gasteiger partial charge in [0.1, 0.15) is 0 Å². The largest absolute Gasteiger partial charge is 0.371 e. The number of aldehydes is 1. The van der Waals surface area contributed by atoms with E-state index in [1.807, 2.05) is 12.1 Å². The maximum Gasteiger partial charge on any atom is 0.153 e. The summed E-state index contributed by atoms with van der Waals surface area (Å²) in [5.41, 5.74) is 2.26. The molecule has 3 rings (SSSR count). The Kier molecular flexibility index (Phi) is 3.53. The number of nitrogens with zero attached hydrogens (tertiary/aromatic N) is 1. The Morgan fingerprint density at radius 1 is 1.11 bits per heavy atom. The Hall–Kier alpha value is -1.02. The molecule has 2 nitrogen and oxygen atoms in total. The van der Waals surface area contributed by atoms with Crippen molar-refractivity contribution < 1.29 is 4.79 Å². The van der Waals surface area contributed by atoms with Crippen LogP contribution < -0.4 is 4.90 Å². The Morgan fingerprint density at radius 2 is 1.79 bits per heavy atom. The summed E-state index contributed by atoms with van der Waals surface area (Å²) in [7, 11) is 0. The van der Waals surface area contributed by atoms with Crippen molar-refractivity contribution in [2.24, 2.45) is 5.41 Å². The lowest BCUT2D eigenvalue weighted by molar-refractivity contribution is 0.112. The van der Waals surface area contributed by atoms with Gasteiger partial charge >= 0.3 is 0 Å². The van der Waals surface area contributed by atoms with Gasteiger partial charge in [-0.15, -0.1) is 0 Å². The first-order chi connectivity index (χ1) is 9.24. The first-order valence-electron chi connectivity index (χ1n) is 7.23. The van der Waals surface area contributed by atoms with Gasteiger partial charge in [0.05, 0.1) is 10.6 Å². The molecular formula is C16H20ClNO. The fraction of sp³-hybridized carbons (Fsp3) is 0.562. The van der Waals surface area contributed by atoms with E-state index in [0.717, 1.165) is 25.1 Å². The van der Waals surface area contributed by atoms with Crippen molar-refractivity contribution in [3.05, 3.63) is 28.8 Å². The second-order valence-corrected chi connectivity index (χ2v) is 6.39. The smallest absolute Gasteiger partial charge is 0.153 e. The van der Waals surface area contributed by atoms with E-state index in [2.05, 4.69) is 4.90 Å². The molecule has 1 spiro atoms. The third kappa shape index (κ3) is 2.38. The molecule has 0 N–H and O–H groups in total. The molecule has 2 aliphatic rings. The first-order valence-corrected chi connectivity index (χ1v) is 7.61. The molecule has 1 aromatic carbocycles. The molecule has 0 bridgehead atoms. The van der Waals surface area contributed by atoms with Crippen LogP contribution in [0.4, 0.5) is 5.69 Å². The van der Waals surface area contributed by atoms with Gasteiger partial charge in [-0.3, -0.25) is 4.79 Å². The molecule has 0 unspecified atom stereocenters. The predicted molar refractivity (Wildman–Crippen MR) is 79.2 cm³/mol. The van der Waals surface area contributed by atoms with E-state index >= 15 is 0 Å². The zero-order valence-electron chi connectivity index (χ0n) is 11.2. The summed E-state index contributed by atoms with van der Waals surface area (Å²) in [5.74, 6) is 0. The molecule has 1 aliphatic heterocycles. The number of halogens is 1. The van der Waals surface area contributed by atoms with E-state index in [9.17, 15) is 4.79 Å². The van der Waals surface area contributed by atoms with E-state index in [0.29, 0.717) is 16.0 Å². The van der Waals surface area contributed by atoms with Crippen LogP contribution in [0.1, 0.15) is 48.9 Å². The number of piperidine rings is 1. The molecule has 0 aromatic heterocycles. The Balaban J connectivity index is 1.78. The number of rotatable bonds is 2. The lowest BCUT2D eigenvalue weighted by Crippen LogP contribution is -2.39. The van der Waals surface area contributed by atoms with Gasteiger partial charge in [0.25, 0.3) is 0 Å². The van der Waals surface area contributed by atoms with E-state index in [1.165, 1.54) is 38.5 Å². The van der Waals surface area contributed by atoms with Gasteiger partial charge in [-0.25, -0.2) is 0 Å². The summed E-state index contributed by atoms with van der Waals surface area (Å²) in [4.78, 5) is 13.6. The molecular weight excluding hydrogens is 258 g/mol. The van der Waals surface area contributed by atoms with Gasteiger partial charge in [-0.05, 0) is 43.2 Å². The third-order valence-corrected chi connectivity index (χ3v) is 5.31. The maximum atomic E-state index is 11.2.